The first-order chi connectivity index (χ1) is 6.49. The zero-order valence-electron chi connectivity index (χ0n) is 7.38. The van der Waals surface area contributed by atoms with Crippen molar-refractivity contribution in [1.82, 2.24) is 5.01 Å². The van der Waals surface area contributed by atoms with Crippen molar-refractivity contribution in [1.29, 1.82) is 0 Å². The number of hydrogen-bond acceptors (Lipinski definition) is 4. The zero-order valence-corrected chi connectivity index (χ0v) is 7.38. The molecule has 1 aliphatic rings. The summed E-state index contributed by atoms with van der Waals surface area (Å²) in [6.45, 7) is 1.08. The molecule has 0 aliphatic carbocycles. The van der Waals surface area contributed by atoms with E-state index >= 15 is 0 Å². The molecule has 1 rings (SSSR count). The van der Waals surface area contributed by atoms with Crippen molar-refractivity contribution >= 4 is 17.8 Å². The molecule has 1 N–H and O–H groups in total. The predicted molar refractivity (Wildman–Crippen MR) is 43.5 cm³/mol. The molecule has 0 unspecified atom stereocenters. The summed E-state index contributed by atoms with van der Waals surface area (Å²) < 4.78 is 0. The highest BCUT2D eigenvalue weighted by Gasteiger charge is 2.33. The smallest absolute Gasteiger partial charge is 0.320 e. The fourth-order valence-corrected chi connectivity index (χ4v) is 0.705. The molecule has 2 amide bonds. The molecule has 0 aromatic carbocycles. The van der Waals surface area contributed by atoms with Gasteiger partial charge in [0.05, 0.1) is 12.8 Å². The molecule has 0 bridgehead atoms. The second kappa shape index (κ2) is 5.55. The van der Waals surface area contributed by atoms with Crippen molar-refractivity contribution < 1.29 is 19.5 Å². The molecular weight excluding hydrogens is 192 g/mol. The van der Waals surface area contributed by atoms with Gasteiger partial charge in [0.25, 0.3) is 5.97 Å². The number of carbonyl (C=O) groups is 3. The first kappa shape index (κ1) is 11.9. The summed E-state index contributed by atoms with van der Waals surface area (Å²) in [5, 5.41) is 10.9. The van der Waals surface area contributed by atoms with Crippen LogP contribution in [0.15, 0.2) is 5.22 Å². The third kappa shape index (κ3) is 4.07. The van der Waals surface area contributed by atoms with Crippen LogP contribution in [0, 0.1) is 0 Å². The fraction of sp³-hybridized carbons (Fsp3) is 0.500. The molecule has 1 saturated heterocycles. The average molecular weight is 200 g/mol. The minimum atomic E-state index is -0.833. The Morgan fingerprint density at radius 2 is 1.86 bits per heavy atom. The van der Waals surface area contributed by atoms with Crippen LogP contribution >= 0.6 is 0 Å². The Morgan fingerprint density at radius 3 is 2.14 bits per heavy atom. The largest absolute Gasteiger partial charge is 0.481 e. The van der Waals surface area contributed by atoms with Gasteiger partial charge in [-0.3, -0.25) is 4.79 Å². The fourth-order valence-electron chi connectivity index (χ4n) is 0.705. The van der Waals surface area contributed by atoms with Crippen molar-refractivity contribution in [2.45, 2.75) is 19.8 Å². The molecule has 0 spiro atoms. The Bertz CT molecular complexity index is 287. The van der Waals surface area contributed by atoms with Gasteiger partial charge in [0.1, 0.15) is 0 Å². The number of aliphatic carboxylic acids is 1. The van der Waals surface area contributed by atoms with Gasteiger partial charge in [0.2, 0.25) is 0 Å². The molecule has 0 atom stereocenters. The Labute approximate surface area is 78.7 Å². The summed E-state index contributed by atoms with van der Waals surface area (Å²) in [5.41, 5.74) is 7.87. The number of imide groups is 1. The van der Waals surface area contributed by atoms with Gasteiger partial charge < -0.3 is 5.11 Å². The van der Waals surface area contributed by atoms with Gasteiger partial charge in [-0.2, -0.15) is 4.91 Å². The molecule has 76 valence electrons. The van der Waals surface area contributed by atoms with Crippen LogP contribution in [0.1, 0.15) is 19.8 Å². The van der Waals surface area contributed by atoms with E-state index in [2.05, 4.69) is 10.1 Å². The quantitative estimate of drug-likeness (QED) is 0.285. The lowest BCUT2D eigenvalue weighted by Crippen LogP contribution is -2.21. The molecule has 0 aromatic heterocycles. The van der Waals surface area contributed by atoms with Gasteiger partial charge in [0, 0.05) is 6.92 Å². The highest BCUT2D eigenvalue weighted by atomic mass is 16.4. The van der Waals surface area contributed by atoms with E-state index in [0.717, 1.165) is 6.92 Å². The van der Waals surface area contributed by atoms with E-state index in [1.165, 1.54) is 0 Å². The number of carboxylic acids is 1. The van der Waals surface area contributed by atoms with Crippen LogP contribution in [-0.2, 0) is 14.4 Å². The van der Waals surface area contributed by atoms with Gasteiger partial charge in [-0.05, 0) is 5.22 Å². The monoisotopic (exact) mass is 200 g/mol. The molecule has 0 saturated carbocycles. The Morgan fingerprint density at radius 1 is 1.50 bits per heavy atom. The average Bonchev–Trinajstić information content (AvgIpc) is 2.35. The van der Waals surface area contributed by atoms with Crippen molar-refractivity contribution in [3.63, 3.8) is 0 Å². The number of amides is 2. The molecule has 1 heterocycles. The van der Waals surface area contributed by atoms with Crippen LogP contribution < -0.4 is 0 Å². The van der Waals surface area contributed by atoms with Gasteiger partial charge in [0.15, 0.2) is 0 Å². The maximum atomic E-state index is 10.6. The highest BCUT2D eigenvalue weighted by Crippen LogP contribution is 2.11. The lowest BCUT2D eigenvalue weighted by Gasteiger charge is -1.95. The van der Waals surface area contributed by atoms with E-state index < -0.39 is 17.8 Å². The third-order valence-corrected chi connectivity index (χ3v) is 1.15. The lowest BCUT2D eigenvalue weighted by molar-refractivity contribution is -0.138. The van der Waals surface area contributed by atoms with E-state index in [1.54, 1.807) is 0 Å². The molecule has 0 aromatic rings. The maximum absolute atomic E-state index is 10.6. The number of azide groups is 1. The normalized spacial score (nSPS) is 14.2. The topological polar surface area (TPSA) is 123 Å². The van der Waals surface area contributed by atoms with Crippen LogP contribution in [0.3, 0.4) is 0 Å². The maximum Gasteiger partial charge on any atom is 0.320 e. The second-order valence-corrected chi connectivity index (χ2v) is 2.30. The summed E-state index contributed by atoms with van der Waals surface area (Å²) >= 11 is 0. The van der Waals surface area contributed by atoms with Gasteiger partial charge in [-0.15, -0.1) is 10.5 Å². The van der Waals surface area contributed by atoms with E-state index in [1.807, 2.05) is 0 Å². The molecule has 0 radical (unpaired) electrons. The minimum Gasteiger partial charge on any atom is -0.481 e. The molecule has 1 aliphatic heterocycles. The van der Waals surface area contributed by atoms with Gasteiger partial charge in [-0.1, -0.05) is 0 Å². The Balaban J connectivity index is 0.000000364. The Kier molecular flexibility index (Phi) is 4.72. The van der Waals surface area contributed by atoms with Crippen molar-refractivity contribution in [3.05, 3.63) is 10.4 Å². The third-order valence-electron chi connectivity index (χ3n) is 1.15. The predicted octanol–water partition coefficient (Wildman–Crippen LogP) is 0.452. The summed E-state index contributed by atoms with van der Waals surface area (Å²) in [7, 11) is 0. The molecule has 8 heteroatoms. The first-order valence-corrected chi connectivity index (χ1v) is 3.59. The number of carboxylic acid groups (broad SMARTS) is 1. The van der Waals surface area contributed by atoms with E-state index in [9.17, 15) is 9.59 Å². The number of carbonyl (C=O) groups excluding carboxylic acids is 2. The molecule has 1 fully saturated rings. The van der Waals surface area contributed by atoms with Crippen molar-refractivity contribution in [2.24, 2.45) is 5.22 Å². The second-order valence-electron chi connectivity index (χ2n) is 2.30. The molecular formula is C6H8N4O4. The first-order valence-electron chi connectivity index (χ1n) is 3.59. The van der Waals surface area contributed by atoms with Crippen LogP contribution in [0.4, 0.5) is 0 Å². The number of nitrogens with zero attached hydrogens (tertiary/aromatic N) is 4. The van der Waals surface area contributed by atoms with Crippen LogP contribution in [0.2, 0.25) is 0 Å². The van der Waals surface area contributed by atoms with Crippen molar-refractivity contribution in [2.75, 3.05) is 0 Å². The lowest BCUT2D eigenvalue weighted by atomic mass is 10.4. The van der Waals surface area contributed by atoms with Gasteiger partial charge >= 0.3 is 11.8 Å². The summed E-state index contributed by atoms with van der Waals surface area (Å²) in [6.07, 6.45) is 0.301. The zero-order chi connectivity index (χ0) is 11.1. The van der Waals surface area contributed by atoms with E-state index in [4.69, 9.17) is 15.4 Å². The van der Waals surface area contributed by atoms with E-state index in [0.29, 0.717) is 5.01 Å². The van der Waals surface area contributed by atoms with E-state index in [-0.39, 0.29) is 12.8 Å². The molecule has 14 heavy (non-hydrogen) atoms. The molecule has 8 nitrogen and oxygen atoms in total. The Hall–Kier alpha value is -2.08. The van der Waals surface area contributed by atoms with Crippen molar-refractivity contribution in [3.8, 4) is 0 Å². The minimum absolute atomic E-state index is 0.151. The number of rotatable bonds is 1. The summed E-state index contributed by atoms with van der Waals surface area (Å²) in [5.74, 6) is -1.69. The standard InChI is InChI=1S/C4H4N4O2.C2H4O2/c5-6-7-8-3(9)1-2-4(8)10;1-2(3)4/h1-2H2;1H3,(H,3,4). The van der Waals surface area contributed by atoms with Crippen LogP contribution in [-0.4, -0.2) is 27.9 Å². The summed E-state index contributed by atoms with van der Waals surface area (Å²) in [4.78, 5) is 32.6. The van der Waals surface area contributed by atoms with Crippen LogP contribution in [0.25, 0.3) is 10.4 Å². The summed E-state index contributed by atoms with van der Waals surface area (Å²) in [6, 6.07) is 0. The van der Waals surface area contributed by atoms with Gasteiger partial charge in [-0.25, -0.2) is 9.59 Å². The van der Waals surface area contributed by atoms with Crippen LogP contribution in [0.5, 0.6) is 0 Å². The number of hydrogen-bond donors (Lipinski definition) is 1. The SMILES string of the molecule is CC(=O)O.[N-]=[N+]=NN1C(=O)CCC1=O. The highest BCUT2D eigenvalue weighted by molar-refractivity contribution is 6.01.